The van der Waals surface area contributed by atoms with Gasteiger partial charge in [-0.1, -0.05) is 26.0 Å². The second-order valence-electron chi connectivity index (χ2n) is 3.32. The Kier molecular flexibility index (Phi) is 4.96. The van der Waals surface area contributed by atoms with E-state index < -0.39 is 0 Å². The molecule has 1 aromatic carbocycles. The first-order chi connectivity index (χ1) is 5.61. The lowest BCUT2D eigenvalue weighted by Gasteiger charge is -2.15. The third kappa shape index (κ3) is 3.33. The molecule has 0 spiro atoms. The Balaban J connectivity index is 0.00000144. The van der Waals surface area contributed by atoms with E-state index in [1.807, 2.05) is 13.8 Å². The van der Waals surface area contributed by atoms with Crippen LogP contribution < -0.4 is 5.73 Å². The highest BCUT2D eigenvalue weighted by atomic mass is 35.5. The number of halogens is 2. The van der Waals surface area contributed by atoms with Crippen molar-refractivity contribution in [2.75, 3.05) is 0 Å². The quantitative estimate of drug-likeness (QED) is 0.786. The zero-order chi connectivity index (χ0) is 9.14. The van der Waals surface area contributed by atoms with Crippen LogP contribution in [0.15, 0.2) is 24.3 Å². The molecule has 0 aliphatic heterocycles. The highest BCUT2D eigenvalue weighted by molar-refractivity contribution is 5.85. The van der Waals surface area contributed by atoms with E-state index in [1.165, 1.54) is 12.1 Å². The lowest BCUT2D eigenvalue weighted by atomic mass is 9.97. The van der Waals surface area contributed by atoms with Gasteiger partial charge < -0.3 is 5.73 Å². The average molecular weight is 204 g/mol. The van der Waals surface area contributed by atoms with Crippen LogP contribution in [-0.2, 0) is 0 Å². The van der Waals surface area contributed by atoms with Crippen LogP contribution in [0.2, 0.25) is 0 Å². The van der Waals surface area contributed by atoms with Crippen molar-refractivity contribution in [2.45, 2.75) is 19.9 Å². The summed E-state index contributed by atoms with van der Waals surface area (Å²) in [5, 5.41) is 0. The summed E-state index contributed by atoms with van der Waals surface area (Å²) in [7, 11) is 0. The van der Waals surface area contributed by atoms with Crippen LogP contribution in [0.4, 0.5) is 4.39 Å². The highest BCUT2D eigenvalue weighted by Crippen LogP contribution is 2.18. The van der Waals surface area contributed by atoms with Crippen LogP contribution in [0.3, 0.4) is 0 Å². The zero-order valence-electron chi connectivity index (χ0n) is 7.83. The molecule has 0 heterocycles. The van der Waals surface area contributed by atoms with Crippen LogP contribution >= 0.6 is 12.4 Å². The summed E-state index contributed by atoms with van der Waals surface area (Å²) in [6.45, 7) is 4.10. The van der Waals surface area contributed by atoms with Crippen molar-refractivity contribution in [3.05, 3.63) is 35.6 Å². The number of hydrogen-bond acceptors (Lipinski definition) is 1. The Morgan fingerprint density at radius 1 is 1.15 bits per heavy atom. The van der Waals surface area contributed by atoms with E-state index in [0.717, 1.165) is 5.56 Å². The second-order valence-corrected chi connectivity index (χ2v) is 3.32. The molecule has 0 aromatic heterocycles. The minimum absolute atomic E-state index is 0. The smallest absolute Gasteiger partial charge is 0.123 e. The van der Waals surface area contributed by atoms with Crippen molar-refractivity contribution >= 4 is 12.4 Å². The maximum absolute atomic E-state index is 12.5. The monoisotopic (exact) mass is 203 g/mol. The van der Waals surface area contributed by atoms with E-state index in [9.17, 15) is 4.39 Å². The van der Waals surface area contributed by atoms with Crippen molar-refractivity contribution in [1.29, 1.82) is 0 Å². The van der Waals surface area contributed by atoms with Gasteiger partial charge in [-0.05, 0) is 23.6 Å². The Morgan fingerprint density at radius 3 is 2.00 bits per heavy atom. The molecule has 2 N–H and O–H groups in total. The molecule has 0 fully saturated rings. The summed E-state index contributed by atoms with van der Waals surface area (Å²) in [4.78, 5) is 0. The van der Waals surface area contributed by atoms with E-state index in [0.29, 0.717) is 5.92 Å². The second kappa shape index (κ2) is 5.20. The molecular weight excluding hydrogens is 189 g/mol. The van der Waals surface area contributed by atoms with Crippen molar-refractivity contribution in [2.24, 2.45) is 11.7 Å². The number of nitrogens with two attached hydrogens (primary N) is 1. The minimum Gasteiger partial charge on any atom is -0.324 e. The maximum Gasteiger partial charge on any atom is 0.123 e. The molecule has 0 unspecified atom stereocenters. The van der Waals surface area contributed by atoms with Gasteiger partial charge in [0.2, 0.25) is 0 Å². The molecule has 3 heteroatoms. The Hall–Kier alpha value is -0.600. The predicted molar refractivity (Wildman–Crippen MR) is 55.4 cm³/mol. The molecule has 0 bridgehead atoms. The largest absolute Gasteiger partial charge is 0.324 e. The SMILES string of the molecule is CC(C)[C@@H](N)c1ccc(F)cc1.Cl. The van der Waals surface area contributed by atoms with Gasteiger partial charge in [-0.15, -0.1) is 12.4 Å². The summed E-state index contributed by atoms with van der Waals surface area (Å²) in [6.07, 6.45) is 0. The molecule has 1 aromatic rings. The maximum atomic E-state index is 12.5. The summed E-state index contributed by atoms with van der Waals surface area (Å²) >= 11 is 0. The fraction of sp³-hybridized carbons (Fsp3) is 0.400. The van der Waals surface area contributed by atoms with Crippen LogP contribution in [0, 0.1) is 11.7 Å². The molecule has 0 saturated heterocycles. The van der Waals surface area contributed by atoms with Gasteiger partial charge in [0.1, 0.15) is 5.82 Å². The molecule has 1 rings (SSSR count). The van der Waals surface area contributed by atoms with Crippen LogP contribution in [-0.4, -0.2) is 0 Å². The molecule has 0 aliphatic carbocycles. The van der Waals surface area contributed by atoms with Gasteiger partial charge in [0, 0.05) is 6.04 Å². The first-order valence-corrected chi connectivity index (χ1v) is 4.12. The van der Waals surface area contributed by atoms with Crippen LogP contribution in [0.5, 0.6) is 0 Å². The van der Waals surface area contributed by atoms with Crippen molar-refractivity contribution < 1.29 is 4.39 Å². The summed E-state index contributed by atoms with van der Waals surface area (Å²) in [5.41, 5.74) is 6.86. The molecule has 1 nitrogen and oxygen atoms in total. The highest BCUT2D eigenvalue weighted by Gasteiger charge is 2.09. The van der Waals surface area contributed by atoms with E-state index in [2.05, 4.69) is 0 Å². The van der Waals surface area contributed by atoms with Gasteiger partial charge in [0.15, 0.2) is 0 Å². The van der Waals surface area contributed by atoms with Gasteiger partial charge >= 0.3 is 0 Å². The first kappa shape index (κ1) is 12.4. The van der Waals surface area contributed by atoms with Gasteiger partial charge in [-0.25, -0.2) is 4.39 Å². The Morgan fingerprint density at radius 2 is 1.62 bits per heavy atom. The molecule has 74 valence electrons. The summed E-state index contributed by atoms with van der Waals surface area (Å²) in [6, 6.07) is 6.36. The standard InChI is InChI=1S/C10H14FN.ClH/c1-7(2)10(12)8-3-5-9(11)6-4-8;/h3-7,10H,12H2,1-2H3;1H/t10-;/m1./s1. The molecule has 0 amide bonds. The molecule has 1 atom stereocenters. The lowest BCUT2D eigenvalue weighted by molar-refractivity contribution is 0.513. The fourth-order valence-electron chi connectivity index (χ4n) is 1.07. The summed E-state index contributed by atoms with van der Waals surface area (Å²) < 4.78 is 12.5. The summed E-state index contributed by atoms with van der Waals surface area (Å²) in [5.74, 6) is 0.171. The zero-order valence-corrected chi connectivity index (χ0v) is 8.64. The van der Waals surface area contributed by atoms with Crippen molar-refractivity contribution in [1.82, 2.24) is 0 Å². The third-order valence-electron chi connectivity index (χ3n) is 1.97. The predicted octanol–water partition coefficient (Wildman–Crippen LogP) is 2.90. The minimum atomic E-state index is -0.213. The molecule has 13 heavy (non-hydrogen) atoms. The van der Waals surface area contributed by atoms with E-state index in [4.69, 9.17) is 5.73 Å². The lowest BCUT2D eigenvalue weighted by Crippen LogP contribution is -2.16. The van der Waals surface area contributed by atoms with Gasteiger partial charge in [-0.3, -0.25) is 0 Å². The topological polar surface area (TPSA) is 26.0 Å². The first-order valence-electron chi connectivity index (χ1n) is 4.12. The normalized spacial score (nSPS) is 12.4. The Bertz CT molecular complexity index is 246. The average Bonchev–Trinajstić information content (AvgIpc) is 2.04. The molecular formula is C10H15ClFN. The number of hydrogen-bond donors (Lipinski definition) is 1. The van der Waals surface area contributed by atoms with Crippen molar-refractivity contribution in [3.8, 4) is 0 Å². The van der Waals surface area contributed by atoms with E-state index >= 15 is 0 Å². The van der Waals surface area contributed by atoms with Crippen LogP contribution in [0.25, 0.3) is 0 Å². The van der Waals surface area contributed by atoms with Gasteiger partial charge in [0.05, 0.1) is 0 Å². The molecule has 0 radical (unpaired) electrons. The van der Waals surface area contributed by atoms with Gasteiger partial charge in [0.25, 0.3) is 0 Å². The van der Waals surface area contributed by atoms with E-state index in [1.54, 1.807) is 12.1 Å². The fourth-order valence-corrected chi connectivity index (χ4v) is 1.07. The van der Waals surface area contributed by atoms with E-state index in [-0.39, 0.29) is 24.3 Å². The van der Waals surface area contributed by atoms with Gasteiger partial charge in [-0.2, -0.15) is 0 Å². The number of benzene rings is 1. The number of rotatable bonds is 2. The van der Waals surface area contributed by atoms with Crippen LogP contribution in [0.1, 0.15) is 25.5 Å². The Labute approximate surface area is 84.5 Å². The third-order valence-corrected chi connectivity index (χ3v) is 1.97. The molecule has 0 saturated carbocycles. The molecule has 0 aliphatic rings. The van der Waals surface area contributed by atoms with Crippen molar-refractivity contribution in [3.63, 3.8) is 0 Å².